The second-order valence-electron chi connectivity index (χ2n) is 11.7. The molecule has 2 heterocycles. The highest BCUT2D eigenvalue weighted by molar-refractivity contribution is 8.00. The van der Waals surface area contributed by atoms with Gasteiger partial charge in [-0.2, -0.15) is 0 Å². The van der Waals surface area contributed by atoms with Crippen molar-refractivity contribution in [2.24, 2.45) is 23.2 Å². The van der Waals surface area contributed by atoms with Crippen LogP contribution in [0.25, 0.3) is 6.08 Å². The zero-order chi connectivity index (χ0) is 26.8. The lowest BCUT2D eigenvalue weighted by atomic mass is 9.72. The van der Waals surface area contributed by atoms with E-state index in [4.69, 9.17) is 4.74 Å². The fourth-order valence-electron chi connectivity index (χ4n) is 5.45. The number of aromatic nitrogens is 1. The van der Waals surface area contributed by atoms with Crippen molar-refractivity contribution in [3.05, 3.63) is 16.6 Å². The summed E-state index contributed by atoms with van der Waals surface area (Å²) in [7, 11) is 0. The number of nitrogens with zero attached hydrogens (tertiary/aromatic N) is 1. The molecule has 0 radical (unpaired) electrons. The summed E-state index contributed by atoms with van der Waals surface area (Å²) in [5.74, 6) is -0.958. The Morgan fingerprint density at radius 1 is 1.22 bits per heavy atom. The smallest absolute Gasteiger partial charge is 0.150 e. The molecule has 0 bridgehead atoms. The van der Waals surface area contributed by atoms with Crippen LogP contribution >= 0.6 is 23.1 Å². The third-order valence-electron chi connectivity index (χ3n) is 8.43. The van der Waals surface area contributed by atoms with Crippen LogP contribution in [0.3, 0.4) is 0 Å². The molecule has 2 aliphatic rings. The summed E-state index contributed by atoms with van der Waals surface area (Å²) >= 11 is 3.22. The molecule has 7 atom stereocenters. The summed E-state index contributed by atoms with van der Waals surface area (Å²) in [6.45, 7) is 11.2. The Morgan fingerprint density at radius 3 is 2.56 bits per heavy atom. The number of carbonyl (C=O) groups is 2. The van der Waals surface area contributed by atoms with E-state index in [0.717, 1.165) is 41.3 Å². The number of carbonyl (C=O) groups excluding carboxylic acids is 2. The standard InChI is InChI=1S/C28H43NO5S2/c1-16-9-8-10-28(6)23(34-28)13-19(17(2)11-20-15-36-26(29-20)35-7)12-21(30)14-22(31)27(4,5)25(33)18(3)24(16)32/h11,15-16,18-19,22-24,31-32H,8-10,12-14H2,1-7H3. The van der Waals surface area contributed by atoms with E-state index in [0.29, 0.717) is 0 Å². The van der Waals surface area contributed by atoms with Gasteiger partial charge in [0.1, 0.15) is 15.9 Å². The molecule has 3 rings (SSSR count). The van der Waals surface area contributed by atoms with Gasteiger partial charge in [-0.1, -0.05) is 51.5 Å². The van der Waals surface area contributed by atoms with Crippen LogP contribution in [0.1, 0.15) is 85.8 Å². The number of aliphatic hydroxyl groups is 2. The molecular formula is C28H43NO5S2. The maximum Gasteiger partial charge on any atom is 0.150 e. The zero-order valence-electron chi connectivity index (χ0n) is 22.7. The van der Waals surface area contributed by atoms with E-state index in [1.165, 1.54) is 0 Å². The number of fused-ring (bicyclic) bond motifs is 1. The van der Waals surface area contributed by atoms with Crippen LogP contribution in [0.2, 0.25) is 0 Å². The van der Waals surface area contributed by atoms with E-state index >= 15 is 0 Å². The average Bonchev–Trinajstić information content (AvgIpc) is 3.23. The summed E-state index contributed by atoms with van der Waals surface area (Å²) in [5, 5.41) is 23.9. The summed E-state index contributed by atoms with van der Waals surface area (Å²) in [6, 6.07) is 0. The number of ether oxygens (including phenoxy) is 1. The molecule has 202 valence electrons. The van der Waals surface area contributed by atoms with Gasteiger partial charge in [0.15, 0.2) is 0 Å². The minimum absolute atomic E-state index is 0.0256. The Morgan fingerprint density at radius 2 is 1.92 bits per heavy atom. The zero-order valence-corrected chi connectivity index (χ0v) is 24.4. The van der Waals surface area contributed by atoms with E-state index < -0.39 is 23.5 Å². The van der Waals surface area contributed by atoms with Crippen molar-refractivity contribution in [3.63, 3.8) is 0 Å². The van der Waals surface area contributed by atoms with Gasteiger partial charge in [-0.05, 0) is 57.3 Å². The van der Waals surface area contributed by atoms with Crippen LogP contribution in [0, 0.1) is 23.2 Å². The molecule has 1 saturated heterocycles. The molecule has 1 saturated carbocycles. The lowest BCUT2D eigenvalue weighted by Gasteiger charge is -2.34. The first-order valence-electron chi connectivity index (χ1n) is 13.1. The van der Waals surface area contributed by atoms with E-state index in [1.807, 2.05) is 25.5 Å². The molecule has 0 amide bonds. The second-order valence-corrected chi connectivity index (χ2v) is 13.6. The van der Waals surface area contributed by atoms with Crippen molar-refractivity contribution in [2.75, 3.05) is 6.26 Å². The summed E-state index contributed by atoms with van der Waals surface area (Å²) in [5.41, 5.74) is 0.628. The van der Waals surface area contributed by atoms with E-state index in [1.54, 1.807) is 43.9 Å². The number of allylic oxidation sites excluding steroid dienone is 1. The van der Waals surface area contributed by atoms with E-state index in [2.05, 4.69) is 18.0 Å². The van der Waals surface area contributed by atoms with Gasteiger partial charge in [-0.25, -0.2) is 4.98 Å². The van der Waals surface area contributed by atoms with E-state index in [9.17, 15) is 19.8 Å². The fraction of sp³-hybridized carbons (Fsp3) is 0.750. The number of thiazole rings is 1. The molecule has 1 aromatic heterocycles. The van der Waals surface area contributed by atoms with Gasteiger partial charge in [0, 0.05) is 24.1 Å². The van der Waals surface area contributed by atoms with Crippen molar-refractivity contribution < 1.29 is 24.5 Å². The van der Waals surface area contributed by atoms with Gasteiger partial charge in [0.2, 0.25) is 0 Å². The molecule has 1 aliphatic heterocycles. The Hall–Kier alpha value is -1.06. The Balaban J connectivity index is 1.85. The number of hydrogen-bond donors (Lipinski definition) is 2. The van der Waals surface area contributed by atoms with Crippen molar-refractivity contribution in [3.8, 4) is 0 Å². The molecule has 36 heavy (non-hydrogen) atoms. The molecule has 0 aromatic carbocycles. The highest BCUT2D eigenvalue weighted by Crippen LogP contribution is 2.46. The van der Waals surface area contributed by atoms with Gasteiger partial charge in [0.25, 0.3) is 0 Å². The van der Waals surface area contributed by atoms with Crippen molar-refractivity contribution in [1.29, 1.82) is 0 Å². The fourth-order valence-corrected chi connectivity index (χ4v) is 6.68. The van der Waals surface area contributed by atoms with Crippen LogP contribution < -0.4 is 0 Å². The molecule has 7 unspecified atom stereocenters. The topological polar surface area (TPSA) is 100 Å². The van der Waals surface area contributed by atoms with Gasteiger partial charge >= 0.3 is 0 Å². The van der Waals surface area contributed by atoms with Gasteiger partial charge in [-0.15, -0.1) is 11.3 Å². The van der Waals surface area contributed by atoms with Gasteiger partial charge in [0.05, 0.1) is 35.0 Å². The highest BCUT2D eigenvalue weighted by atomic mass is 32.2. The number of aliphatic hydroxyl groups excluding tert-OH is 2. The molecule has 2 fully saturated rings. The first kappa shape index (κ1) is 29.5. The monoisotopic (exact) mass is 537 g/mol. The SMILES string of the molecule is CSc1nc(C=C(C)C2CC(=O)CC(O)C(C)(C)C(=O)C(C)C(O)C(C)CCCC3(C)OC3C2)cs1. The quantitative estimate of drug-likeness (QED) is 0.385. The molecule has 0 spiro atoms. The number of rotatable bonds is 3. The number of Topliss-reactive ketones (excluding diaryl/α,β-unsaturated/α-hetero) is 2. The summed E-state index contributed by atoms with van der Waals surface area (Å²) in [6.07, 6.45) is 5.76. The predicted molar refractivity (Wildman–Crippen MR) is 146 cm³/mol. The summed E-state index contributed by atoms with van der Waals surface area (Å²) in [4.78, 5) is 31.1. The maximum absolute atomic E-state index is 13.3. The highest BCUT2D eigenvalue weighted by Gasteiger charge is 2.52. The van der Waals surface area contributed by atoms with Crippen LogP contribution in [-0.2, 0) is 14.3 Å². The second kappa shape index (κ2) is 11.8. The molecule has 1 aliphatic carbocycles. The molecule has 1 aromatic rings. The molecule has 6 nitrogen and oxygen atoms in total. The molecule has 2 N–H and O–H groups in total. The number of hydrogen-bond acceptors (Lipinski definition) is 8. The van der Waals surface area contributed by atoms with E-state index in [-0.39, 0.29) is 47.9 Å². The van der Waals surface area contributed by atoms with Crippen LogP contribution in [0.15, 0.2) is 15.3 Å². The third kappa shape index (κ3) is 6.87. The largest absolute Gasteiger partial charge is 0.392 e. The van der Waals surface area contributed by atoms with Crippen molar-refractivity contribution >= 4 is 40.7 Å². The predicted octanol–water partition coefficient (Wildman–Crippen LogP) is 5.55. The third-order valence-corrected chi connectivity index (χ3v) is 10.3. The Kier molecular flexibility index (Phi) is 9.64. The average molecular weight is 538 g/mol. The number of ketones is 2. The van der Waals surface area contributed by atoms with Crippen molar-refractivity contribution in [1.82, 2.24) is 4.98 Å². The lowest BCUT2D eigenvalue weighted by Crippen LogP contribution is -2.45. The first-order chi connectivity index (χ1) is 16.8. The first-order valence-corrected chi connectivity index (χ1v) is 15.2. The Labute approximate surface area is 224 Å². The van der Waals surface area contributed by atoms with Crippen LogP contribution in [0.5, 0.6) is 0 Å². The van der Waals surface area contributed by atoms with Crippen LogP contribution in [-0.4, -0.2) is 56.9 Å². The van der Waals surface area contributed by atoms with Crippen LogP contribution in [0.4, 0.5) is 0 Å². The van der Waals surface area contributed by atoms with Crippen molar-refractivity contribution in [2.45, 2.75) is 108 Å². The lowest BCUT2D eigenvalue weighted by molar-refractivity contribution is -0.143. The minimum atomic E-state index is -1.12. The normalized spacial score (nSPS) is 37.0. The maximum atomic E-state index is 13.3. The van der Waals surface area contributed by atoms with Gasteiger partial charge < -0.3 is 14.9 Å². The minimum Gasteiger partial charge on any atom is -0.392 e. The molecule has 8 heteroatoms. The number of epoxide rings is 1. The Bertz CT molecular complexity index is 973. The number of thioether (sulfide) groups is 1. The molecular weight excluding hydrogens is 494 g/mol. The van der Waals surface area contributed by atoms with Gasteiger partial charge in [-0.3, -0.25) is 9.59 Å². The summed E-state index contributed by atoms with van der Waals surface area (Å²) < 4.78 is 7.15.